The first-order chi connectivity index (χ1) is 8.81. The zero-order valence-corrected chi connectivity index (χ0v) is 11.4. The molecule has 0 aromatic carbocycles. The van der Waals surface area contributed by atoms with Gasteiger partial charge >= 0.3 is 0 Å². The van der Waals surface area contributed by atoms with Gasteiger partial charge in [-0.2, -0.15) is 0 Å². The molecule has 0 heterocycles. The minimum atomic E-state index is -0.135. The molecule has 1 N–H and O–H groups in total. The average Bonchev–Trinajstić information content (AvgIpc) is 2.38. The second-order valence-corrected chi connectivity index (χ2v) is 3.56. The molecule has 18 heavy (non-hydrogen) atoms. The van der Waals surface area contributed by atoms with Crippen molar-refractivity contribution in [1.82, 2.24) is 5.32 Å². The van der Waals surface area contributed by atoms with E-state index in [0.717, 1.165) is 19.6 Å². The maximum atomic E-state index is 11.2. The third-order valence-corrected chi connectivity index (χ3v) is 2.01. The molecule has 0 radical (unpaired) electrons. The molecule has 6 nitrogen and oxygen atoms in total. The van der Waals surface area contributed by atoms with Crippen LogP contribution in [0, 0.1) is 0 Å². The van der Waals surface area contributed by atoms with E-state index >= 15 is 0 Å². The molecule has 0 atom stereocenters. The number of nitrogens with one attached hydrogen (secondary N) is 1. The molecule has 0 unspecified atom stereocenters. The predicted molar refractivity (Wildman–Crippen MR) is 67.6 cm³/mol. The van der Waals surface area contributed by atoms with E-state index < -0.39 is 0 Å². The Kier molecular flexibility index (Phi) is 13.8. The van der Waals surface area contributed by atoms with Gasteiger partial charge in [-0.05, 0) is 13.3 Å². The van der Waals surface area contributed by atoms with Crippen molar-refractivity contribution >= 4 is 5.91 Å². The van der Waals surface area contributed by atoms with E-state index in [2.05, 4.69) is 5.32 Å². The Morgan fingerprint density at radius 1 is 1.00 bits per heavy atom. The van der Waals surface area contributed by atoms with Crippen molar-refractivity contribution in [3.05, 3.63) is 0 Å². The van der Waals surface area contributed by atoms with Crippen LogP contribution in [-0.4, -0.2) is 65.8 Å². The highest BCUT2D eigenvalue weighted by Gasteiger charge is 1.99. The Bertz CT molecular complexity index is 189. The van der Waals surface area contributed by atoms with Gasteiger partial charge in [0.05, 0.1) is 19.8 Å². The lowest BCUT2D eigenvalue weighted by Crippen LogP contribution is -2.31. The number of hydrogen-bond acceptors (Lipinski definition) is 5. The molecule has 6 heteroatoms. The minimum Gasteiger partial charge on any atom is -0.382 e. The minimum absolute atomic E-state index is 0.0632. The molecule has 0 aliphatic heterocycles. The van der Waals surface area contributed by atoms with Gasteiger partial charge in [-0.25, -0.2) is 0 Å². The summed E-state index contributed by atoms with van der Waals surface area (Å²) in [6, 6.07) is 0. The van der Waals surface area contributed by atoms with Crippen LogP contribution in [0.4, 0.5) is 0 Å². The molecule has 0 aromatic rings. The van der Waals surface area contributed by atoms with E-state index in [-0.39, 0.29) is 12.5 Å². The molecule has 0 saturated carbocycles. The summed E-state index contributed by atoms with van der Waals surface area (Å²) in [4.78, 5) is 11.2. The third kappa shape index (κ3) is 13.4. The molecular formula is C12H25NO5. The van der Waals surface area contributed by atoms with Gasteiger partial charge in [-0.1, -0.05) is 0 Å². The van der Waals surface area contributed by atoms with Gasteiger partial charge < -0.3 is 24.3 Å². The first-order valence-electron chi connectivity index (χ1n) is 6.30. The summed E-state index contributed by atoms with van der Waals surface area (Å²) in [7, 11) is 1.59. The monoisotopic (exact) mass is 263 g/mol. The Morgan fingerprint density at radius 3 is 2.50 bits per heavy atom. The maximum Gasteiger partial charge on any atom is 0.246 e. The molecule has 1 amide bonds. The number of carbonyl (C=O) groups excluding carboxylic acids is 1. The summed E-state index contributed by atoms with van der Waals surface area (Å²) < 4.78 is 20.3. The van der Waals surface area contributed by atoms with Crippen LogP contribution in [0.15, 0.2) is 0 Å². The van der Waals surface area contributed by atoms with Crippen molar-refractivity contribution in [1.29, 1.82) is 0 Å². The first-order valence-corrected chi connectivity index (χ1v) is 6.30. The fraction of sp³-hybridized carbons (Fsp3) is 0.917. The summed E-state index contributed by atoms with van der Waals surface area (Å²) in [5.74, 6) is -0.135. The number of carbonyl (C=O) groups is 1. The zero-order valence-electron chi connectivity index (χ0n) is 11.4. The molecule has 0 fully saturated rings. The lowest BCUT2D eigenvalue weighted by molar-refractivity contribution is -0.126. The van der Waals surface area contributed by atoms with E-state index in [1.165, 1.54) is 0 Å². The van der Waals surface area contributed by atoms with E-state index in [4.69, 9.17) is 18.9 Å². The van der Waals surface area contributed by atoms with Crippen LogP contribution in [-0.2, 0) is 23.7 Å². The lowest BCUT2D eigenvalue weighted by atomic mass is 10.5. The molecule has 108 valence electrons. The number of amides is 1. The number of methoxy groups -OCH3 is 1. The van der Waals surface area contributed by atoms with Crippen LogP contribution in [0.2, 0.25) is 0 Å². The first kappa shape index (κ1) is 17.3. The highest BCUT2D eigenvalue weighted by molar-refractivity contribution is 5.77. The summed E-state index contributed by atoms with van der Waals surface area (Å²) >= 11 is 0. The topological polar surface area (TPSA) is 66.0 Å². The lowest BCUT2D eigenvalue weighted by Gasteiger charge is -2.07. The van der Waals surface area contributed by atoms with Crippen LogP contribution in [0.3, 0.4) is 0 Å². The van der Waals surface area contributed by atoms with Gasteiger partial charge in [0.1, 0.15) is 6.61 Å². The second-order valence-electron chi connectivity index (χ2n) is 3.56. The Hall–Kier alpha value is -0.690. The maximum absolute atomic E-state index is 11.2. The van der Waals surface area contributed by atoms with Crippen LogP contribution in [0.1, 0.15) is 13.3 Å². The fourth-order valence-electron chi connectivity index (χ4n) is 1.13. The molecule has 0 spiro atoms. The van der Waals surface area contributed by atoms with Gasteiger partial charge in [-0.3, -0.25) is 4.79 Å². The van der Waals surface area contributed by atoms with Gasteiger partial charge in [0, 0.05) is 33.5 Å². The summed E-state index contributed by atoms with van der Waals surface area (Å²) in [6.45, 7) is 6.07. The van der Waals surface area contributed by atoms with Crippen molar-refractivity contribution in [3.63, 3.8) is 0 Å². The summed E-state index contributed by atoms with van der Waals surface area (Å²) in [6.07, 6.45) is 0.877. The van der Waals surface area contributed by atoms with Crippen molar-refractivity contribution in [3.8, 4) is 0 Å². The van der Waals surface area contributed by atoms with E-state index in [9.17, 15) is 4.79 Å². The van der Waals surface area contributed by atoms with Gasteiger partial charge in [-0.15, -0.1) is 0 Å². The number of hydrogen-bond donors (Lipinski definition) is 1. The smallest absolute Gasteiger partial charge is 0.246 e. The molecule has 0 bridgehead atoms. The Balaban J connectivity index is 3.10. The van der Waals surface area contributed by atoms with Crippen molar-refractivity contribution < 1.29 is 23.7 Å². The number of rotatable bonds is 13. The SMILES string of the molecule is CCOCCCOCCNC(=O)COCCOC. The highest BCUT2D eigenvalue weighted by atomic mass is 16.5. The molecule has 0 aliphatic rings. The van der Waals surface area contributed by atoms with Gasteiger partial charge in [0.15, 0.2) is 0 Å². The second kappa shape index (κ2) is 14.4. The third-order valence-electron chi connectivity index (χ3n) is 2.01. The van der Waals surface area contributed by atoms with Crippen LogP contribution in [0.5, 0.6) is 0 Å². The Morgan fingerprint density at radius 2 is 1.78 bits per heavy atom. The van der Waals surface area contributed by atoms with Crippen molar-refractivity contribution in [2.75, 3.05) is 59.9 Å². The normalized spacial score (nSPS) is 10.6. The van der Waals surface area contributed by atoms with Crippen LogP contribution >= 0.6 is 0 Å². The summed E-state index contributed by atoms with van der Waals surface area (Å²) in [5.41, 5.74) is 0. The van der Waals surface area contributed by atoms with E-state index in [0.29, 0.717) is 33.0 Å². The largest absolute Gasteiger partial charge is 0.382 e. The van der Waals surface area contributed by atoms with E-state index in [1.54, 1.807) is 7.11 Å². The van der Waals surface area contributed by atoms with Crippen LogP contribution < -0.4 is 5.32 Å². The fourth-order valence-corrected chi connectivity index (χ4v) is 1.13. The Labute approximate surface area is 109 Å². The zero-order chi connectivity index (χ0) is 13.5. The average molecular weight is 263 g/mol. The van der Waals surface area contributed by atoms with Crippen molar-refractivity contribution in [2.45, 2.75) is 13.3 Å². The quantitative estimate of drug-likeness (QED) is 0.481. The predicted octanol–water partition coefficient (Wildman–Crippen LogP) is 0.209. The highest BCUT2D eigenvalue weighted by Crippen LogP contribution is 1.84. The van der Waals surface area contributed by atoms with Gasteiger partial charge in [0.25, 0.3) is 0 Å². The van der Waals surface area contributed by atoms with Gasteiger partial charge in [0.2, 0.25) is 5.91 Å². The van der Waals surface area contributed by atoms with Crippen LogP contribution in [0.25, 0.3) is 0 Å². The molecule has 0 aromatic heterocycles. The number of ether oxygens (including phenoxy) is 4. The molecular weight excluding hydrogens is 238 g/mol. The van der Waals surface area contributed by atoms with Crippen molar-refractivity contribution in [2.24, 2.45) is 0 Å². The van der Waals surface area contributed by atoms with E-state index in [1.807, 2.05) is 6.92 Å². The standard InChI is InChI=1S/C12H25NO5/c1-3-16-6-4-7-17-8-5-13-12(14)11-18-10-9-15-2/h3-11H2,1-2H3,(H,13,14). The summed E-state index contributed by atoms with van der Waals surface area (Å²) in [5, 5.41) is 2.70. The molecule has 0 saturated heterocycles. The molecule has 0 aliphatic carbocycles. The molecule has 0 rings (SSSR count).